The van der Waals surface area contributed by atoms with Crippen molar-refractivity contribution >= 4 is 29.2 Å². The minimum absolute atomic E-state index is 0.0301. The van der Waals surface area contributed by atoms with Crippen molar-refractivity contribution in [2.24, 2.45) is 0 Å². The van der Waals surface area contributed by atoms with Crippen LogP contribution in [0.25, 0.3) is 0 Å². The third-order valence-corrected chi connectivity index (χ3v) is 4.52. The van der Waals surface area contributed by atoms with Crippen LogP contribution < -0.4 is 9.64 Å². The number of hydrogen-bond donors (Lipinski definition) is 0. The van der Waals surface area contributed by atoms with Gasteiger partial charge in [0.15, 0.2) is 0 Å². The largest absolute Gasteiger partial charge is 0.465 e. The van der Waals surface area contributed by atoms with Crippen molar-refractivity contribution in [1.82, 2.24) is 4.98 Å². The summed E-state index contributed by atoms with van der Waals surface area (Å²) in [5.74, 6) is -1.71. The van der Waals surface area contributed by atoms with Gasteiger partial charge in [-0.2, -0.15) is 13.2 Å². The van der Waals surface area contributed by atoms with Crippen molar-refractivity contribution in [2.45, 2.75) is 6.18 Å². The zero-order valence-corrected chi connectivity index (χ0v) is 18.0. The molecule has 0 N–H and O–H groups in total. The van der Waals surface area contributed by atoms with E-state index in [4.69, 9.17) is 25.8 Å². The molecule has 1 aromatic heterocycles. The number of carbonyl (C=O) groups excluding carboxylic acids is 2. The lowest BCUT2D eigenvalue weighted by Crippen LogP contribution is -2.26. The van der Waals surface area contributed by atoms with Crippen molar-refractivity contribution in [3.05, 3.63) is 82.8 Å². The van der Waals surface area contributed by atoms with E-state index in [2.05, 4.69) is 4.98 Å². The van der Waals surface area contributed by atoms with Gasteiger partial charge in [-0.25, -0.2) is 14.6 Å². The summed E-state index contributed by atoms with van der Waals surface area (Å²) in [6, 6.07) is 7.37. The van der Waals surface area contributed by atoms with E-state index in [1.54, 1.807) is 12.2 Å². The van der Waals surface area contributed by atoms with Crippen molar-refractivity contribution in [2.75, 3.05) is 19.1 Å². The van der Waals surface area contributed by atoms with Gasteiger partial charge in [-0.15, -0.1) is 0 Å². The van der Waals surface area contributed by atoms with Crippen molar-refractivity contribution < 1.29 is 37.0 Å². The minimum Gasteiger partial charge on any atom is -0.465 e. The molecular formula is C22H16ClF3N2O5. The quantitative estimate of drug-likeness (QED) is 0.438. The lowest BCUT2D eigenvalue weighted by atomic mass is 10.1. The van der Waals surface area contributed by atoms with Gasteiger partial charge >= 0.3 is 18.1 Å². The number of carbonyl (C=O) groups is 2. The molecule has 0 unspecified atom stereocenters. The molecule has 0 bridgehead atoms. The number of halogens is 4. The highest BCUT2D eigenvalue weighted by atomic mass is 35.5. The van der Waals surface area contributed by atoms with Crippen LogP contribution in [0.15, 0.2) is 72.1 Å². The molecule has 172 valence electrons. The third-order valence-electron chi connectivity index (χ3n) is 4.32. The number of hydrogen-bond acceptors (Lipinski definition) is 7. The van der Waals surface area contributed by atoms with Crippen LogP contribution in [0.5, 0.6) is 11.6 Å². The number of esters is 2. The molecule has 7 nitrogen and oxygen atoms in total. The zero-order chi connectivity index (χ0) is 24.2. The number of benzene rings is 1. The summed E-state index contributed by atoms with van der Waals surface area (Å²) in [5, 5.41) is -0.373. The number of ether oxygens (including phenoxy) is 3. The van der Waals surface area contributed by atoms with Gasteiger partial charge in [0.1, 0.15) is 16.6 Å². The fourth-order valence-corrected chi connectivity index (χ4v) is 3.05. The number of aromatic nitrogens is 1. The maximum Gasteiger partial charge on any atom is 0.416 e. The van der Waals surface area contributed by atoms with E-state index in [0.29, 0.717) is 11.8 Å². The van der Waals surface area contributed by atoms with E-state index in [-0.39, 0.29) is 28.1 Å². The van der Waals surface area contributed by atoms with Crippen LogP contribution in [0.1, 0.15) is 5.56 Å². The fraction of sp³-hybridized carbons (Fsp3) is 0.136. The molecule has 1 aliphatic rings. The SMILES string of the molecule is COC(=O)C1=C(C(=O)OC)N(c2ccc(Oc3cc(C(F)(F)F)cc(Cl)n3)cc2)C=CC=C1. The average molecular weight is 481 g/mol. The van der Waals surface area contributed by atoms with Crippen LogP contribution >= 0.6 is 11.6 Å². The summed E-state index contributed by atoms with van der Waals surface area (Å²) in [6.45, 7) is 0. The summed E-state index contributed by atoms with van der Waals surface area (Å²) >= 11 is 5.68. The van der Waals surface area contributed by atoms with Gasteiger partial charge in [0, 0.05) is 18.0 Å². The molecule has 0 amide bonds. The van der Waals surface area contributed by atoms with Crippen LogP contribution in [-0.2, 0) is 25.2 Å². The Labute approximate surface area is 191 Å². The van der Waals surface area contributed by atoms with E-state index >= 15 is 0 Å². The topological polar surface area (TPSA) is 78.0 Å². The molecule has 0 spiro atoms. The minimum atomic E-state index is -4.62. The molecule has 2 heterocycles. The second-order valence-electron chi connectivity index (χ2n) is 6.43. The number of anilines is 1. The molecule has 1 aromatic carbocycles. The fourth-order valence-electron chi connectivity index (χ4n) is 2.85. The van der Waals surface area contributed by atoms with Crippen LogP contribution in [-0.4, -0.2) is 31.1 Å². The van der Waals surface area contributed by atoms with Crippen molar-refractivity contribution in [1.29, 1.82) is 0 Å². The van der Waals surface area contributed by atoms with Crippen molar-refractivity contribution in [3.8, 4) is 11.6 Å². The standard InChI is InChI=1S/C22H16ClF3N2O5/c1-31-20(29)16-5-3-4-10-28(19(16)21(30)32-2)14-6-8-15(9-7-14)33-18-12-13(22(24,25)26)11-17(23)27-18/h3-12H,1-2H3. The number of nitrogens with zero attached hydrogens (tertiary/aromatic N) is 2. The molecule has 0 saturated carbocycles. The molecule has 0 fully saturated rings. The number of alkyl halides is 3. The molecular weight excluding hydrogens is 465 g/mol. The molecule has 0 radical (unpaired) electrons. The lowest BCUT2D eigenvalue weighted by Gasteiger charge is -2.23. The Morgan fingerprint density at radius 3 is 2.27 bits per heavy atom. The Kier molecular flexibility index (Phi) is 7.07. The molecule has 2 aromatic rings. The van der Waals surface area contributed by atoms with Gasteiger partial charge in [-0.05, 0) is 42.5 Å². The molecule has 0 atom stereocenters. The van der Waals surface area contributed by atoms with Gasteiger partial charge in [-0.3, -0.25) is 0 Å². The maximum atomic E-state index is 13.0. The highest BCUT2D eigenvalue weighted by Gasteiger charge is 2.32. The zero-order valence-electron chi connectivity index (χ0n) is 17.2. The predicted octanol–water partition coefficient (Wildman–Crippen LogP) is 5.04. The Hall–Kier alpha value is -3.79. The van der Waals surface area contributed by atoms with Crippen LogP contribution in [0.3, 0.4) is 0 Å². The molecule has 0 saturated heterocycles. The summed E-state index contributed by atoms with van der Waals surface area (Å²) in [7, 11) is 2.35. The van der Waals surface area contributed by atoms with Gasteiger partial charge in [0.2, 0.25) is 5.88 Å². The number of pyridine rings is 1. The van der Waals surface area contributed by atoms with E-state index < -0.39 is 23.7 Å². The van der Waals surface area contributed by atoms with E-state index in [1.807, 2.05) is 0 Å². The van der Waals surface area contributed by atoms with Crippen LogP contribution in [0, 0.1) is 0 Å². The Morgan fingerprint density at radius 1 is 1.00 bits per heavy atom. The van der Waals surface area contributed by atoms with Gasteiger partial charge in [-0.1, -0.05) is 17.7 Å². The summed E-state index contributed by atoms with van der Waals surface area (Å²) in [4.78, 5) is 29.8. The normalized spacial score (nSPS) is 13.6. The smallest absolute Gasteiger partial charge is 0.416 e. The Morgan fingerprint density at radius 2 is 1.67 bits per heavy atom. The van der Waals surface area contributed by atoms with Crippen LogP contribution in [0.4, 0.5) is 18.9 Å². The van der Waals surface area contributed by atoms with E-state index in [0.717, 1.165) is 6.07 Å². The van der Waals surface area contributed by atoms with Gasteiger partial charge in [0.05, 0.1) is 25.4 Å². The Bertz CT molecular complexity index is 1160. The Balaban J connectivity index is 1.94. The number of rotatable bonds is 5. The molecule has 1 aliphatic heterocycles. The maximum absolute atomic E-state index is 13.0. The third kappa shape index (κ3) is 5.53. The first kappa shape index (κ1) is 23.9. The lowest BCUT2D eigenvalue weighted by molar-refractivity contribution is -0.139. The monoisotopic (exact) mass is 480 g/mol. The number of methoxy groups -OCH3 is 2. The average Bonchev–Trinajstić information content (AvgIpc) is 3.00. The summed E-state index contributed by atoms with van der Waals surface area (Å²) in [6.07, 6.45) is 1.47. The van der Waals surface area contributed by atoms with Gasteiger partial charge in [0.25, 0.3) is 0 Å². The van der Waals surface area contributed by atoms with Crippen LogP contribution in [0.2, 0.25) is 5.15 Å². The molecule has 0 aliphatic carbocycles. The molecule has 11 heteroatoms. The first-order valence-corrected chi connectivity index (χ1v) is 9.59. The van der Waals surface area contributed by atoms with Gasteiger partial charge < -0.3 is 19.1 Å². The first-order valence-electron chi connectivity index (χ1n) is 9.21. The number of allylic oxidation sites excluding steroid dienone is 2. The summed E-state index contributed by atoms with van der Waals surface area (Å²) < 4.78 is 54.0. The highest BCUT2D eigenvalue weighted by Crippen LogP contribution is 2.34. The van der Waals surface area contributed by atoms with E-state index in [1.165, 1.54) is 55.7 Å². The van der Waals surface area contributed by atoms with E-state index in [9.17, 15) is 22.8 Å². The predicted molar refractivity (Wildman–Crippen MR) is 113 cm³/mol. The highest BCUT2D eigenvalue weighted by molar-refractivity contribution is 6.29. The van der Waals surface area contributed by atoms with Crippen molar-refractivity contribution in [3.63, 3.8) is 0 Å². The first-order chi connectivity index (χ1) is 15.6. The second kappa shape index (κ2) is 9.78. The molecule has 3 rings (SSSR count). The summed E-state index contributed by atoms with van der Waals surface area (Å²) in [5.41, 5.74) is -0.689. The molecule has 33 heavy (non-hydrogen) atoms. The second-order valence-corrected chi connectivity index (χ2v) is 6.81.